The number of benzene rings is 2. The van der Waals surface area contributed by atoms with E-state index in [1.54, 1.807) is 7.11 Å². The molecular formula is C25H30N4O2S. The molecule has 4 rings (SSSR count). The van der Waals surface area contributed by atoms with Crippen LogP contribution in [0.5, 0.6) is 5.75 Å². The van der Waals surface area contributed by atoms with E-state index >= 15 is 0 Å². The fourth-order valence-corrected chi connectivity index (χ4v) is 4.97. The number of thioether (sulfide) groups is 1. The summed E-state index contributed by atoms with van der Waals surface area (Å²) in [6, 6.07) is 18.3. The van der Waals surface area contributed by atoms with Crippen LogP contribution in [0.3, 0.4) is 0 Å². The summed E-state index contributed by atoms with van der Waals surface area (Å²) >= 11 is 1.43. The van der Waals surface area contributed by atoms with Crippen molar-refractivity contribution >= 4 is 17.7 Å². The number of aromatic nitrogens is 3. The molecule has 32 heavy (non-hydrogen) atoms. The van der Waals surface area contributed by atoms with Gasteiger partial charge in [-0.25, -0.2) is 0 Å². The third kappa shape index (κ3) is 5.51. The molecule has 1 aliphatic rings. The smallest absolute Gasteiger partial charge is 0.230 e. The van der Waals surface area contributed by atoms with Crippen molar-refractivity contribution < 1.29 is 9.53 Å². The van der Waals surface area contributed by atoms with E-state index < -0.39 is 0 Å². The number of hydrogen-bond acceptors (Lipinski definition) is 5. The maximum atomic E-state index is 12.7. The number of nitrogens with zero attached hydrogens (tertiary/aromatic N) is 3. The van der Waals surface area contributed by atoms with Crippen LogP contribution in [-0.2, 0) is 11.2 Å². The van der Waals surface area contributed by atoms with Gasteiger partial charge in [-0.3, -0.25) is 9.36 Å². The third-order valence-electron chi connectivity index (χ3n) is 6.03. The van der Waals surface area contributed by atoms with Crippen molar-refractivity contribution in [1.82, 2.24) is 20.1 Å². The Morgan fingerprint density at radius 1 is 1.09 bits per heavy atom. The first kappa shape index (κ1) is 22.4. The number of nitrogens with one attached hydrogen (secondary N) is 1. The van der Waals surface area contributed by atoms with E-state index in [0.29, 0.717) is 23.2 Å². The highest BCUT2D eigenvalue weighted by Gasteiger charge is 2.23. The Morgan fingerprint density at radius 3 is 2.56 bits per heavy atom. The molecule has 0 bridgehead atoms. The molecule has 1 fully saturated rings. The van der Waals surface area contributed by atoms with Crippen LogP contribution < -0.4 is 10.1 Å². The second kappa shape index (κ2) is 10.7. The lowest BCUT2D eigenvalue weighted by Crippen LogP contribution is -2.41. The monoisotopic (exact) mass is 450 g/mol. The summed E-state index contributed by atoms with van der Waals surface area (Å²) < 4.78 is 7.34. The van der Waals surface area contributed by atoms with Gasteiger partial charge in [0.2, 0.25) is 5.91 Å². The summed E-state index contributed by atoms with van der Waals surface area (Å²) in [6.07, 6.45) is 5.37. The average Bonchev–Trinajstić information content (AvgIpc) is 3.22. The van der Waals surface area contributed by atoms with Gasteiger partial charge in [0.1, 0.15) is 11.6 Å². The first-order valence-electron chi connectivity index (χ1n) is 11.2. The highest BCUT2D eigenvalue weighted by atomic mass is 32.2. The van der Waals surface area contributed by atoms with Gasteiger partial charge in [-0.2, -0.15) is 0 Å². The Bertz CT molecular complexity index is 1020. The molecule has 0 saturated heterocycles. The Hall–Kier alpha value is -2.80. The van der Waals surface area contributed by atoms with Gasteiger partial charge in [0.05, 0.1) is 12.9 Å². The number of amides is 1. The largest absolute Gasteiger partial charge is 0.497 e. The lowest BCUT2D eigenvalue weighted by molar-refractivity contribution is -0.119. The van der Waals surface area contributed by atoms with Crippen LogP contribution in [0.4, 0.5) is 0 Å². The lowest BCUT2D eigenvalue weighted by Gasteiger charge is -2.29. The standard InChI is InChI=1S/C25H30N4O2S/c1-18-8-6-7-11-22(18)26-24(30)17-32-25-28-27-23(16-19-9-4-3-5-10-19)29(25)20-12-14-21(31-2)15-13-20/h3-5,9-10,12-15,18,22H,6-8,11,16-17H2,1-2H3,(H,26,30)/t18-,22+/m0/s1. The first-order chi connectivity index (χ1) is 15.6. The number of ether oxygens (including phenoxy) is 1. The molecule has 0 radical (unpaired) electrons. The van der Waals surface area contributed by atoms with E-state index in [1.807, 2.05) is 47.0 Å². The maximum absolute atomic E-state index is 12.7. The van der Waals surface area contributed by atoms with E-state index in [9.17, 15) is 4.79 Å². The van der Waals surface area contributed by atoms with Gasteiger partial charge in [-0.1, -0.05) is 61.9 Å². The van der Waals surface area contributed by atoms with Crippen molar-refractivity contribution in [3.05, 3.63) is 66.0 Å². The van der Waals surface area contributed by atoms with Crippen LogP contribution in [-0.4, -0.2) is 39.6 Å². The van der Waals surface area contributed by atoms with Crippen LogP contribution in [0, 0.1) is 5.92 Å². The first-order valence-corrected chi connectivity index (χ1v) is 12.2. The Labute approximate surface area is 193 Å². The molecular weight excluding hydrogens is 420 g/mol. The molecule has 0 unspecified atom stereocenters. The summed E-state index contributed by atoms with van der Waals surface area (Å²) in [5.74, 6) is 2.55. The minimum Gasteiger partial charge on any atom is -0.497 e. The van der Waals surface area contributed by atoms with Gasteiger partial charge in [0.25, 0.3) is 0 Å². The summed E-state index contributed by atoms with van der Waals surface area (Å²) in [5.41, 5.74) is 2.11. The van der Waals surface area contributed by atoms with Gasteiger partial charge in [0, 0.05) is 18.2 Å². The molecule has 1 aliphatic carbocycles. The van der Waals surface area contributed by atoms with E-state index in [-0.39, 0.29) is 11.9 Å². The number of carbonyl (C=O) groups excluding carboxylic acids is 1. The van der Waals surface area contributed by atoms with Gasteiger partial charge in [-0.15, -0.1) is 10.2 Å². The molecule has 1 heterocycles. The molecule has 1 saturated carbocycles. The molecule has 0 spiro atoms. The normalized spacial score (nSPS) is 18.3. The van der Waals surface area contributed by atoms with Crippen molar-refractivity contribution in [3.63, 3.8) is 0 Å². The molecule has 3 aromatic rings. The molecule has 6 nitrogen and oxygen atoms in total. The Balaban J connectivity index is 1.52. The summed E-state index contributed by atoms with van der Waals surface area (Å²) in [5, 5.41) is 12.8. The summed E-state index contributed by atoms with van der Waals surface area (Å²) in [6.45, 7) is 2.23. The number of carbonyl (C=O) groups is 1. The Kier molecular flexibility index (Phi) is 7.47. The van der Waals surface area contributed by atoms with Gasteiger partial charge in [0.15, 0.2) is 5.16 Å². The van der Waals surface area contributed by atoms with Crippen LogP contribution >= 0.6 is 11.8 Å². The third-order valence-corrected chi connectivity index (χ3v) is 6.96. The zero-order valence-electron chi connectivity index (χ0n) is 18.7. The quantitative estimate of drug-likeness (QED) is 0.506. The van der Waals surface area contributed by atoms with Gasteiger partial charge in [-0.05, 0) is 48.6 Å². The predicted octanol–water partition coefficient (Wildman–Crippen LogP) is 4.65. The van der Waals surface area contributed by atoms with E-state index in [1.165, 1.54) is 31.0 Å². The fraction of sp³-hybridized carbons (Fsp3) is 0.400. The number of hydrogen-bond donors (Lipinski definition) is 1. The minimum absolute atomic E-state index is 0.0580. The topological polar surface area (TPSA) is 69.0 Å². The van der Waals surface area contributed by atoms with Crippen LogP contribution in [0.1, 0.15) is 44.0 Å². The van der Waals surface area contributed by atoms with Gasteiger partial charge >= 0.3 is 0 Å². The molecule has 1 amide bonds. The van der Waals surface area contributed by atoms with Crippen molar-refractivity contribution in [3.8, 4) is 11.4 Å². The van der Waals surface area contributed by atoms with Crippen LogP contribution in [0.2, 0.25) is 0 Å². The second-order valence-corrected chi connectivity index (χ2v) is 9.26. The van der Waals surface area contributed by atoms with Crippen LogP contribution in [0.25, 0.3) is 5.69 Å². The zero-order valence-corrected chi connectivity index (χ0v) is 19.5. The highest BCUT2D eigenvalue weighted by molar-refractivity contribution is 7.99. The molecule has 168 valence electrons. The summed E-state index contributed by atoms with van der Waals surface area (Å²) in [7, 11) is 1.65. The van der Waals surface area contributed by atoms with E-state index in [2.05, 4.69) is 34.6 Å². The summed E-state index contributed by atoms with van der Waals surface area (Å²) in [4.78, 5) is 12.7. The van der Waals surface area contributed by atoms with Crippen molar-refractivity contribution in [1.29, 1.82) is 0 Å². The SMILES string of the molecule is COc1ccc(-n2c(Cc3ccccc3)nnc2SCC(=O)N[C@@H]2CCCC[C@@H]2C)cc1. The molecule has 0 aliphatic heterocycles. The van der Waals surface area contributed by atoms with Gasteiger partial charge < -0.3 is 10.1 Å². The Morgan fingerprint density at radius 2 is 1.84 bits per heavy atom. The molecule has 2 aromatic carbocycles. The lowest BCUT2D eigenvalue weighted by atomic mass is 9.86. The molecule has 1 aromatic heterocycles. The second-order valence-electron chi connectivity index (χ2n) is 8.32. The van der Waals surface area contributed by atoms with E-state index in [4.69, 9.17) is 4.74 Å². The minimum atomic E-state index is 0.0580. The van der Waals surface area contributed by atoms with Crippen molar-refractivity contribution in [2.45, 2.75) is 50.2 Å². The number of rotatable bonds is 8. The maximum Gasteiger partial charge on any atom is 0.230 e. The predicted molar refractivity (Wildman–Crippen MR) is 127 cm³/mol. The van der Waals surface area contributed by atoms with Crippen molar-refractivity contribution in [2.24, 2.45) is 5.92 Å². The molecule has 2 atom stereocenters. The van der Waals surface area contributed by atoms with Crippen LogP contribution in [0.15, 0.2) is 59.8 Å². The molecule has 1 N–H and O–H groups in total. The van der Waals surface area contributed by atoms with Crippen molar-refractivity contribution in [2.75, 3.05) is 12.9 Å². The number of methoxy groups -OCH3 is 1. The highest BCUT2D eigenvalue weighted by Crippen LogP contribution is 2.26. The average molecular weight is 451 g/mol. The van der Waals surface area contributed by atoms with E-state index in [0.717, 1.165) is 29.2 Å². The zero-order chi connectivity index (χ0) is 22.3. The fourth-order valence-electron chi connectivity index (χ4n) is 4.19. The molecule has 7 heteroatoms.